The number of fused-ring (bicyclic) bond motifs is 1. The molecule has 0 spiro atoms. The smallest absolute Gasteiger partial charge is 0.143 e. The molecule has 0 aliphatic rings. The van der Waals surface area contributed by atoms with Crippen molar-refractivity contribution in [1.29, 1.82) is 5.26 Å². The number of aromatic nitrogens is 1. The van der Waals surface area contributed by atoms with Crippen molar-refractivity contribution in [2.75, 3.05) is 0 Å². The van der Waals surface area contributed by atoms with Crippen LogP contribution in [0.3, 0.4) is 0 Å². The summed E-state index contributed by atoms with van der Waals surface area (Å²) in [6.45, 7) is 0. The van der Waals surface area contributed by atoms with Crippen LogP contribution in [0.4, 0.5) is 0 Å². The minimum atomic E-state index is 0.535. The Hall–Kier alpha value is -2.66. The fourth-order valence-corrected chi connectivity index (χ4v) is 2.52. The van der Waals surface area contributed by atoms with Crippen LogP contribution >= 0.6 is 0 Å². The maximum atomic E-state index is 9.07. The van der Waals surface area contributed by atoms with E-state index in [2.05, 4.69) is 53.5 Å². The highest BCUT2D eigenvalue weighted by Crippen LogP contribution is 2.20. The van der Waals surface area contributed by atoms with Crippen molar-refractivity contribution < 1.29 is 0 Å². The molecule has 0 unspecified atom stereocenters. The molecule has 3 rings (SSSR count). The van der Waals surface area contributed by atoms with Crippen molar-refractivity contribution in [1.82, 2.24) is 4.98 Å². The normalized spacial score (nSPS) is 10.3. The van der Waals surface area contributed by atoms with Crippen LogP contribution in [0.2, 0.25) is 0 Å². The molecule has 1 aromatic heterocycles. The summed E-state index contributed by atoms with van der Waals surface area (Å²) in [6.07, 6.45) is 3.42. The monoisotopic (exact) mass is 258 g/mol. The minimum absolute atomic E-state index is 0.535. The molecule has 0 aliphatic heterocycles. The van der Waals surface area contributed by atoms with E-state index in [0.29, 0.717) is 5.69 Å². The van der Waals surface area contributed by atoms with E-state index in [1.165, 1.54) is 16.3 Å². The van der Waals surface area contributed by atoms with Crippen molar-refractivity contribution in [2.24, 2.45) is 0 Å². The first-order valence-corrected chi connectivity index (χ1v) is 6.69. The molecule has 0 amide bonds. The van der Waals surface area contributed by atoms with Crippen LogP contribution in [-0.4, -0.2) is 4.98 Å². The molecule has 0 bridgehead atoms. The van der Waals surface area contributed by atoms with E-state index in [1.807, 2.05) is 12.1 Å². The van der Waals surface area contributed by atoms with Gasteiger partial charge in [-0.25, -0.2) is 4.98 Å². The number of nitriles is 1. The average molecular weight is 258 g/mol. The molecule has 0 fully saturated rings. The number of aryl methyl sites for hydroxylation is 2. The zero-order valence-electron chi connectivity index (χ0n) is 11.1. The van der Waals surface area contributed by atoms with Crippen LogP contribution in [-0.2, 0) is 12.8 Å². The summed E-state index contributed by atoms with van der Waals surface area (Å²) < 4.78 is 0. The molecular weight excluding hydrogens is 244 g/mol. The first-order valence-electron chi connectivity index (χ1n) is 6.69. The van der Waals surface area contributed by atoms with Crippen molar-refractivity contribution in [3.63, 3.8) is 0 Å². The van der Waals surface area contributed by atoms with Gasteiger partial charge >= 0.3 is 0 Å². The highest BCUT2D eigenvalue weighted by atomic mass is 14.7. The standard InChI is InChI=1S/C18H14N2/c19-13-18-16(8-4-12-20-18)11-10-15-7-3-6-14-5-1-2-9-17(14)15/h1-9,12H,10-11H2. The second kappa shape index (κ2) is 5.54. The van der Waals surface area contributed by atoms with Crippen molar-refractivity contribution in [3.05, 3.63) is 77.6 Å². The molecule has 0 atom stereocenters. The Kier molecular flexibility index (Phi) is 3.43. The van der Waals surface area contributed by atoms with E-state index in [0.717, 1.165) is 18.4 Å². The van der Waals surface area contributed by atoms with Gasteiger partial charge in [0.2, 0.25) is 0 Å². The van der Waals surface area contributed by atoms with Gasteiger partial charge < -0.3 is 0 Å². The maximum absolute atomic E-state index is 9.07. The van der Waals surface area contributed by atoms with Crippen LogP contribution in [0.1, 0.15) is 16.8 Å². The van der Waals surface area contributed by atoms with E-state index < -0.39 is 0 Å². The Morgan fingerprint density at radius 2 is 1.60 bits per heavy atom. The van der Waals surface area contributed by atoms with E-state index in [9.17, 15) is 0 Å². The molecule has 1 heterocycles. The Balaban J connectivity index is 1.89. The predicted octanol–water partition coefficient (Wildman–Crippen LogP) is 3.89. The molecule has 0 radical (unpaired) electrons. The summed E-state index contributed by atoms with van der Waals surface area (Å²) in [7, 11) is 0. The van der Waals surface area contributed by atoms with Gasteiger partial charge in [0, 0.05) is 6.20 Å². The number of rotatable bonds is 3. The molecular formula is C18H14N2. The van der Waals surface area contributed by atoms with Gasteiger partial charge in [0.25, 0.3) is 0 Å². The third-order valence-electron chi connectivity index (χ3n) is 3.54. The first-order chi connectivity index (χ1) is 9.88. The molecule has 0 saturated carbocycles. The van der Waals surface area contributed by atoms with E-state index in [1.54, 1.807) is 6.20 Å². The molecule has 2 nitrogen and oxygen atoms in total. The summed E-state index contributed by atoms with van der Waals surface area (Å²) >= 11 is 0. The fourth-order valence-electron chi connectivity index (χ4n) is 2.52. The van der Waals surface area contributed by atoms with Crippen LogP contribution in [0.5, 0.6) is 0 Å². The van der Waals surface area contributed by atoms with Gasteiger partial charge in [0.1, 0.15) is 11.8 Å². The Morgan fingerprint density at radius 3 is 2.50 bits per heavy atom. The lowest BCUT2D eigenvalue weighted by atomic mass is 9.98. The van der Waals surface area contributed by atoms with Gasteiger partial charge in [-0.05, 0) is 40.8 Å². The number of hydrogen-bond acceptors (Lipinski definition) is 2. The summed E-state index contributed by atoms with van der Waals surface area (Å²) in [6, 6.07) is 20.8. The van der Waals surface area contributed by atoms with Crippen LogP contribution in [0, 0.1) is 11.3 Å². The largest absolute Gasteiger partial charge is 0.245 e. The lowest BCUT2D eigenvalue weighted by molar-refractivity contribution is 0.950. The number of nitrogens with zero attached hydrogens (tertiary/aromatic N) is 2. The highest BCUT2D eigenvalue weighted by Gasteiger charge is 2.05. The average Bonchev–Trinajstić information content (AvgIpc) is 2.53. The highest BCUT2D eigenvalue weighted by molar-refractivity contribution is 5.85. The van der Waals surface area contributed by atoms with Gasteiger partial charge in [-0.1, -0.05) is 48.5 Å². The van der Waals surface area contributed by atoms with Crippen molar-refractivity contribution >= 4 is 10.8 Å². The van der Waals surface area contributed by atoms with Crippen LogP contribution < -0.4 is 0 Å². The summed E-state index contributed by atoms with van der Waals surface area (Å²) in [4.78, 5) is 4.11. The van der Waals surface area contributed by atoms with Crippen molar-refractivity contribution in [3.8, 4) is 6.07 Å². The van der Waals surface area contributed by atoms with Gasteiger partial charge in [0.05, 0.1) is 0 Å². The maximum Gasteiger partial charge on any atom is 0.143 e. The second-order valence-corrected chi connectivity index (χ2v) is 4.76. The minimum Gasteiger partial charge on any atom is -0.245 e. The van der Waals surface area contributed by atoms with Gasteiger partial charge in [-0.3, -0.25) is 0 Å². The van der Waals surface area contributed by atoms with E-state index in [4.69, 9.17) is 5.26 Å². The quantitative estimate of drug-likeness (QED) is 0.714. The lowest BCUT2D eigenvalue weighted by Gasteiger charge is -2.07. The van der Waals surface area contributed by atoms with Crippen LogP contribution in [0.15, 0.2) is 60.8 Å². The third kappa shape index (κ3) is 2.39. The molecule has 20 heavy (non-hydrogen) atoms. The number of hydrogen-bond donors (Lipinski definition) is 0. The topological polar surface area (TPSA) is 36.7 Å². The fraction of sp³-hybridized carbons (Fsp3) is 0.111. The SMILES string of the molecule is N#Cc1ncccc1CCc1cccc2ccccc12. The molecule has 2 heteroatoms. The molecule has 0 aliphatic carbocycles. The first kappa shape index (κ1) is 12.4. The summed E-state index contributed by atoms with van der Waals surface area (Å²) in [5.74, 6) is 0. The van der Waals surface area contributed by atoms with Gasteiger partial charge in [-0.2, -0.15) is 5.26 Å². The van der Waals surface area contributed by atoms with Gasteiger partial charge in [0.15, 0.2) is 0 Å². The van der Waals surface area contributed by atoms with E-state index >= 15 is 0 Å². The Morgan fingerprint density at radius 1 is 0.850 bits per heavy atom. The molecule has 2 aromatic carbocycles. The molecule has 3 aromatic rings. The molecule has 0 saturated heterocycles. The van der Waals surface area contributed by atoms with Crippen molar-refractivity contribution in [2.45, 2.75) is 12.8 Å². The molecule has 0 N–H and O–H groups in total. The third-order valence-corrected chi connectivity index (χ3v) is 3.54. The van der Waals surface area contributed by atoms with E-state index in [-0.39, 0.29) is 0 Å². The Bertz CT molecular complexity index is 779. The van der Waals surface area contributed by atoms with Gasteiger partial charge in [-0.15, -0.1) is 0 Å². The Labute approximate surface area is 118 Å². The number of pyridine rings is 1. The van der Waals surface area contributed by atoms with Crippen LogP contribution in [0.25, 0.3) is 10.8 Å². The predicted molar refractivity (Wildman–Crippen MR) is 80.3 cm³/mol. The zero-order valence-corrected chi connectivity index (χ0v) is 11.1. The summed E-state index contributed by atoms with van der Waals surface area (Å²) in [5, 5.41) is 11.6. The number of benzene rings is 2. The zero-order chi connectivity index (χ0) is 13.8. The molecule has 96 valence electrons. The summed E-state index contributed by atoms with van der Waals surface area (Å²) in [5.41, 5.74) is 2.87. The lowest BCUT2D eigenvalue weighted by Crippen LogP contribution is -1.97. The second-order valence-electron chi connectivity index (χ2n) is 4.76.